The molecule has 0 amide bonds. The van der Waals surface area contributed by atoms with Crippen molar-refractivity contribution >= 4 is 44.9 Å². The largest absolute Gasteiger partial charge is 2.00 e. The van der Waals surface area contributed by atoms with Crippen LogP contribution in [-0.4, -0.2) is 27.1 Å². The topological polar surface area (TPSA) is 33.1 Å². The minimum Gasteiger partial charge on any atom is -0.509 e. The first-order chi connectivity index (χ1) is 21.0. The maximum atomic E-state index is 8.07. The van der Waals surface area contributed by atoms with Gasteiger partial charge in [-0.1, -0.05) is 77.9 Å². The summed E-state index contributed by atoms with van der Waals surface area (Å²) in [6, 6.07) is 37.6. The summed E-state index contributed by atoms with van der Waals surface area (Å²) in [7, 11) is 0. The van der Waals surface area contributed by atoms with Gasteiger partial charge in [0.15, 0.2) is 6.98 Å². The van der Waals surface area contributed by atoms with Crippen molar-refractivity contribution in [2.75, 3.05) is 6.98 Å². The van der Waals surface area contributed by atoms with Crippen molar-refractivity contribution < 1.29 is 34.5 Å². The monoisotopic (exact) mass is 732 g/mol. The number of aromatic nitrogens is 2. The fourth-order valence-electron chi connectivity index (χ4n) is 5.30. The first kappa shape index (κ1) is 24.3. The van der Waals surface area contributed by atoms with Gasteiger partial charge in [0.25, 0.3) is 11.4 Å². The SMILES string of the molecule is [2H]C([2H])([2H])[N+]1=C=[N+](c2[c-]c(Oc3[c-]c4c(cc3)c3ccccc3n4-c3cc(C)ccn3)cc(C(C)(C)C)c2)c2ccccc21.[Pt+2]. The van der Waals surface area contributed by atoms with E-state index in [9.17, 15) is 0 Å². The molecule has 7 rings (SSSR count). The second-order valence-corrected chi connectivity index (χ2v) is 11.4. The molecule has 0 radical (unpaired) electrons. The molecule has 0 spiro atoms. The normalized spacial score (nSPS) is 14.0. The van der Waals surface area contributed by atoms with E-state index in [0.717, 1.165) is 38.8 Å². The Morgan fingerprint density at radius 3 is 2.45 bits per heavy atom. The molecule has 0 N–H and O–H groups in total. The van der Waals surface area contributed by atoms with Crippen LogP contribution in [0.3, 0.4) is 0 Å². The summed E-state index contributed by atoms with van der Waals surface area (Å²) in [5.41, 5.74) is 5.69. The molecule has 208 valence electrons. The van der Waals surface area contributed by atoms with Crippen LogP contribution in [-0.2, 0) is 26.5 Å². The van der Waals surface area contributed by atoms with Gasteiger partial charge in [0.2, 0.25) is 0 Å². The van der Waals surface area contributed by atoms with Crippen LogP contribution in [0.4, 0.5) is 17.1 Å². The van der Waals surface area contributed by atoms with E-state index in [1.165, 1.54) is 4.58 Å². The standard InChI is InChI=1S/C36H30N4O.Pt/c1-24-16-17-37-35(18-24)40-31-11-7-6-10-29(31)30-15-14-27(22-34(30)40)41-28-20-25(36(2,3)4)19-26(21-28)39-23-38(5)32-12-8-9-13-33(32)39;/h6-20H,1-5H3;/q;+2/i5D3;. The third-order valence-corrected chi connectivity index (χ3v) is 7.41. The van der Waals surface area contributed by atoms with Crippen LogP contribution in [0, 0.1) is 19.1 Å². The van der Waals surface area contributed by atoms with E-state index in [4.69, 9.17) is 8.85 Å². The number of benzene rings is 4. The van der Waals surface area contributed by atoms with Crippen molar-refractivity contribution in [3.8, 4) is 17.3 Å². The number of nitrogens with zero attached hydrogens (tertiary/aromatic N) is 4. The fraction of sp³-hybridized carbons (Fsp3) is 0.167. The fourth-order valence-corrected chi connectivity index (χ4v) is 5.30. The van der Waals surface area contributed by atoms with Crippen LogP contribution in [0.5, 0.6) is 11.5 Å². The molecule has 0 aliphatic carbocycles. The van der Waals surface area contributed by atoms with Gasteiger partial charge >= 0.3 is 27.1 Å². The summed E-state index contributed by atoms with van der Waals surface area (Å²) >= 11 is 0. The zero-order chi connectivity index (χ0) is 30.8. The number of hydrogen-bond donors (Lipinski definition) is 0. The molecule has 6 heteroatoms. The summed E-state index contributed by atoms with van der Waals surface area (Å²) in [6.45, 7) is 6.04. The van der Waals surface area contributed by atoms with Gasteiger partial charge in [-0.2, -0.15) is 6.07 Å². The van der Waals surface area contributed by atoms with Crippen LogP contribution >= 0.6 is 0 Å². The molecule has 4 aromatic carbocycles. The Hall–Kier alpha value is -4.30. The predicted octanol–water partition coefficient (Wildman–Crippen LogP) is 8.47. The van der Waals surface area contributed by atoms with Crippen molar-refractivity contribution in [2.24, 2.45) is 0 Å². The summed E-state index contributed by atoms with van der Waals surface area (Å²) in [4.78, 5) is 4.67. The Morgan fingerprint density at radius 2 is 1.67 bits per heavy atom. The van der Waals surface area contributed by atoms with Gasteiger partial charge in [-0.3, -0.25) is 0 Å². The average molecular weight is 733 g/mol. The minimum atomic E-state index is -2.39. The molecule has 6 aromatic rings. The third-order valence-electron chi connectivity index (χ3n) is 7.41. The van der Waals surface area contributed by atoms with Gasteiger partial charge in [0.05, 0.1) is 0 Å². The number of fused-ring (bicyclic) bond motifs is 4. The number of para-hydroxylation sites is 3. The van der Waals surface area contributed by atoms with Gasteiger partial charge in [0.1, 0.15) is 15.6 Å². The summed E-state index contributed by atoms with van der Waals surface area (Å²) < 4.78 is 35.7. The van der Waals surface area contributed by atoms with E-state index in [1.807, 2.05) is 60.8 Å². The van der Waals surface area contributed by atoms with Crippen LogP contribution in [0.15, 0.2) is 91.1 Å². The zero-order valence-corrected chi connectivity index (χ0v) is 25.9. The molecule has 0 bridgehead atoms. The second-order valence-electron chi connectivity index (χ2n) is 11.4. The number of ether oxygens (including phenoxy) is 1. The molecule has 3 heterocycles. The molecule has 5 nitrogen and oxygen atoms in total. The Bertz CT molecular complexity index is 2190. The molecule has 0 atom stereocenters. The summed E-state index contributed by atoms with van der Waals surface area (Å²) in [5, 5.41) is 2.15. The van der Waals surface area contributed by atoms with Gasteiger partial charge in [-0.05, 0) is 41.5 Å². The minimum absolute atomic E-state index is 0. The molecule has 0 fully saturated rings. The molecule has 0 saturated carbocycles. The number of hydrogen-bond acceptors (Lipinski definition) is 2. The Kier molecular flexibility index (Phi) is 6.09. The van der Waals surface area contributed by atoms with Gasteiger partial charge < -0.3 is 9.30 Å². The van der Waals surface area contributed by atoms with Crippen LogP contribution in [0.1, 0.15) is 36.0 Å². The second kappa shape index (κ2) is 10.5. The van der Waals surface area contributed by atoms with Crippen molar-refractivity contribution in [2.45, 2.75) is 33.1 Å². The summed E-state index contributed by atoms with van der Waals surface area (Å²) in [5.74, 6) is 1.83. The number of pyridine rings is 1. The molecular weight excluding hydrogens is 700 g/mol. The maximum absolute atomic E-state index is 8.07. The molecule has 1 aliphatic rings. The van der Waals surface area contributed by atoms with Crippen LogP contribution in [0.25, 0.3) is 27.6 Å². The van der Waals surface area contributed by atoms with Crippen LogP contribution < -0.4 is 9.31 Å². The quantitative estimate of drug-likeness (QED) is 0.135. The van der Waals surface area contributed by atoms with E-state index in [0.29, 0.717) is 28.6 Å². The molecule has 2 aromatic heterocycles. The number of rotatable bonds is 4. The van der Waals surface area contributed by atoms with Crippen molar-refractivity contribution in [3.63, 3.8) is 0 Å². The van der Waals surface area contributed by atoms with E-state index in [2.05, 4.69) is 79.7 Å². The Balaban J connectivity index is 0.00000357. The molecule has 1 aliphatic heterocycles. The molecule has 0 unspecified atom stereocenters. The summed E-state index contributed by atoms with van der Waals surface area (Å²) in [6.07, 6.45) is 1.82. The van der Waals surface area contributed by atoms with Gasteiger partial charge in [0, 0.05) is 35.3 Å². The van der Waals surface area contributed by atoms with Crippen molar-refractivity contribution in [3.05, 3.63) is 114 Å². The Labute approximate surface area is 264 Å². The van der Waals surface area contributed by atoms with E-state index in [1.54, 1.807) is 10.6 Å². The van der Waals surface area contributed by atoms with Crippen molar-refractivity contribution in [1.82, 2.24) is 14.1 Å². The van der Waals surface area contributed by atoms with E-state index in [-0.39, 0.29) is 26.5 Å². The van der Waals surface area contributed by atoms with Gasteiger partial charge in [-0.25, -0.2) is 4.98 Å². The first-order valence-electron chi connectivity index (χ1n) is 15.1. The maximum Gasteiger partial charge on any atom is 2.00 e. The van der Waals surface area contributed by atoms with Gasteiger partial charge in [-0.15, -0.1) is 29.1 Å². The predicted molar refractivity (Wildman–Crippen MR) is 165 cm³/mol. The van der Waals surface area contributed by atoms with E-state index < -0.39 is 6.98 Å². The Morgan fingerprint density at radius 1 is 0.881 bits per heavy atom. The average Bonchev–Trinajstić information content (AvgIpc) is 3.53. The molecule has 42 heavy (non-hydrogen) atoms. The smallest absolute Gasteiger partial charge is 0.509 e. The van der Waals surface area contributed by atoms with E-state index >= 15 is 0 Å². The van der Waals surface area contributed by atoms with Crippen molar-refractivity contribution in [1.29, 1.82) is 0 Å². The van der Waals surface area contributed by atoms with Crippen LogP contribution in [0.2, 0.25) is 0 Å². The third kappa shape index (κ3) is 4.79. The number of aryl methyl sites for hydroxylation is 1. The molecular formula is C36H30N4OPt+2. The first-order valence-corrected chi connectivity index (χ1v) is 13.6. The molecule has 0 saturated heterocycles. The zero-order valence-electron chi connectivity index (χ0n) is 26.7.